The summed E-state index contributed by atoms with van der Waals surface area (Å²) in [5.74, 6) is 3.51. The molecule has 0 saturated carbocycles. The number of nitro benzene ring substituents is 1. The molecule has 6 nitrogen and oxygen atoms in total. The van der Waals surface area contributed by atoms with Crippen molar-refractivity contribution in [2.45, 2.75) is 10.8 Å². The molecule has 320 valence electrons. The molecule has 68 heavy (non-hydrogen) atoms. The van der Waals surface area contributed by atoms with Gasteiger partial charge in [-0.15, -0.1) is 0 Å². The largest absolute Gasteiger partial charge is 0.457 e. The third-order valence-electron chi connectivity index (χ3n) is 14.7. The lowest BCUT2D eigenvalue weighted by atomic mass is 9.66. The third kappa shape index (κ3) is 5.06. The summed E-state index contributed by atoms with van der Waals surface area (Å²) < 4.78 is 12.8. The summed E-state index contributed by atoms with van der Waals surface area (Å²) in [4.78, 5) is 15.1. The highest BCUT2D eigenvalue weighted by Gasteiger charge is 2.52. The van der Waals surface area contributed by atoms with E-state index in [1.54, 1.807) is 12.1 Å². The number of fused-ring (bicyclic) bond motifs is 21. The molecule has 0 fully saturated rings. The minimum atomic E-state index is -0.586. The average molecular weight is 875 g/mol. The average Bonchev–Trinajstić information content (AvgIpc) is 4.00. The van der Waals surface area contributed by atoms with Crippen LogP contribution in [0.2, 0.25) is 0 Å². The predicted octanol–water partition coefficient (Wildman–Crippen LogP) is 15.5. The van der Waals surface area contributed by atoms with Gasteiger partial charge in [0.25, 0.3) is 5.69 Å². The first kappa shape index (κ1) is 38.3. The zero-order valence-corrected chi connectivity index (χ0v) is 36.4. The number of hydrogen-bond acceptors (Lipinski definition) is 4. The van der Waals surface area contributed by atoms with Crippen molar-refractivity contribution >= 4 is 27.5 Å². The number of ether oxygens (including phenoxy) is 2. The van der Waals surface area contributed by atoms with Crippen LogP contribution in [0.1, 0.15) is 44.5 Å². The summed E-state index contributed by atoms with van der Waals surface area (Å²) in [6.07, 6.45) is 0. The Morgan fingerprint density at radius 2 is 0.779 bits per heavy atom. The van der Waals surface area contributed by atoms with Crippen molar-refractivity contribution in [1.82, 2.24) is 4.98 Å². The Morgan fingerprint density at radius 3 is 1.34 bits per heavy atom. The fourth-order valence-electron chi connectivity index (χ4n) is 12.1. The quantitative estimate of drug-likeness (QED) is 0.139. The van der Waals surface area contributed by atoms with Crippen LogP contribution in [-0.2, 0) is 10.8 Å². The highest BCUT2D eigenvalue weighted by Crippen LogP contribution is 2.64. The molecule has 2 aliphatic carbocycles. The van der Waals surface area contributed by atoms with Crippen LogP contribution in [-0.4, -0.2) is 9.91 Å². The van der Waals surface area contributed by atoms with Gasteiger partial charge in [0.2, 0.25) is 0 Å². The summed E-state index contributed by atoms with van der Waals surface area (Å²) in [6, 6.07) is 77.3. The van der Waals surface area contributed by atoms with Crippen molar-refractivity contribution in [1.29, 1.82) is 0 Å². The van der Waals surface area contributed by atoms with E-state index in [0.29, 0.717) is 5.56 Å². The summed E-state index contributed by atoms with van der Waals surface area (Å²) in [5, 5.41) is 14.3. The van der Waals surface area contributed by atoms with E-state index in [2.05, 4.69) is 163 Å². The van der Waals surface area contributed by atoms with Crippen molar-refractivity contribution in [3.63, 3.8) is 0 Å². The second-order valence-corrected chi connectivity index (χ2v) is 17.9. The summed E-state index contributed by atoms with van der Waals surface area (Å²) in [7, 11) is 0. The first-order valence-electron chi connectivity index (χ1n) is 22.9. The van der Waals surface area contributed by atoms with Gasteiger partial charge >= 0.3 is 0 Å². The fourth-order valence-corrected chi connectivity index (χ4v) is 12.1. The highest BCUT2D eigenvalue weighted by atomic mass is 16.6. The van der Waals surface area contributed by atoms with Crippen molar-refractivity contribution in [3.05, 3.63) is 279 Å². The maximum absolute atomic E-state index is 11.8. The molecule has 2 aliphatic heterocycles. The number of nitro groups is 1. The Kier molecular flexibility index (Phi) is 8.02. The number of para-hydroxylation sites is 6. The maximum atomic E-state index is 11.8. The van der Waals surface area contributed by atoms with E-state index in [0.717, 1.165) is 50.8 Å². The van der Waals surface area contributed by atoms with E-state index >= 15 is 0 Å². The van der Waals surface area contributed by atoms with Crippen LogP contribution >= 0.6 is 0 Å². The lowest BCUT2D eigenvalue weighted by Gasteiger charge is -2.39. The minimum absolute atomic E-state index is 0.102. The molecule has 3 heterocycles. The van der Waals surface area contributed by atoms with E-state index in [-0.39, 0.29) is 10.6 Å². The third-order valence-corrected chi connectivity index (χ3v) is 14.7. The number of benzene rings is 10. The standard InChI is InChI=1S/C31H19NO3.C31H19NO/c33-32(34)28-14-6-2-9-21(28)20-17-18-23-22-10-1-3-11-24(22)31(27(23)19-20)25-12-4-7-15-29(25)35-30-16-8-5-13-26(30)31;1-3-11-23-19(9-1)21-18-28-22(20-10-2-6-14-27(20)32-28)17-26(21)31(23)24-12-4-7-15-29(24)33-30-16-8-5-13-25(30)31/h1-19H;1-18,32H. The lowest BCUT2D eigenvalue weighted by Crippen LogP contribution is -2.32. The number of nitrogens with one attached hydrogen (secondary N) is 1. The monoisotopic (exact) mass is 874 g/mol. The molecule has 0 unspecified atom stereocenters. The van der Waals surface area contributed by atoms with Gasteiger partial charge in [-0.1, -0.05) is 164 Å². The van der Waals surface area contributed by atoms with Crippen LogP contribution in [0.25, 0.3) is 55.2 Å². The van der Waals surface area contributed by atoms with Crippen LogP contribution in [0.4, 0.5) is 5.69 Å². The fraction of sp³-hybridized carbons (Fsp3) is 0.0323. The Balaban J connectivity index is 0.000000129. The summed E-state index contributed by atoms with van der Waals surface area (Å²) >= 11 is 0. The van der Waals surface area contributed by atoms with E-state index in [4.69, 9.17) is 9.47 Å². The lowest BCUT2D eigenvalue weighted by molar-refractivity contribution is -0.384. The van der Waals surface area contributed by atoms with Crippen LogP contribution < -0.4 is 9.47 Å². The SMILES string of the molecule is O=[N+]([O-])c1ccccc1-c1ccc2c(c1)C1(c3ccccc3Oc3ccccc31)c1ccccc1-2.c1ccc2c(c1)Oc1ccccc1C21c2ccccc2-c2cc3[nH]c4ccccc4c3cc21. The van der Waals surface area contributed by atoms with Gasteiger partial charge in [-0.25, -0.2) is 0 Å². The van der Waals surface area contributed by atoms with Crippen LogP contribution in [0.15, 0.2) is 224 Å². The molecule has 0 amide bonds. The smallest absolute Gasteiger partial charge is 0.277 e. The van der Waals surface area contributed by atoms with Gasteiger partial charge in [-0.2, -0.15) is 0 Å². The zero-order valence-electron chi connectivity index (χ0n) is 36.4. The molecule has 1 aromatic heterocycles. The first-order valence-corrected chi connectivity index (χ1v) is 22.9. The van der Waals surface area contributed by atoms with Crippen molar-refractivity contribution in [2.24, 2.45) is 0 Å². The Labute approximate surface area is 391 Å². The molecule has 0 saturated heterocycles. The Hall–Kier alpha value is -9.00. The zero-order chi connectivity index (χ0) is 45.1. The van der Waals surface area contributed by atoms with Gasteiger partial charge in [0, 0.05) is 50.1 Å². The Bertz CT molecular complexity index is 3850. The second kappa shape index (κ2) is 14.2. The molecule has 2 spiro atoms. The molecule has 6 heteroatoms. The number of hydrogen-bond donors (Lipinski definition) is 1. The van der Waals surface area contributed by atoms with Crippen molar-refractivity contribution < 1.29 is 14.4 Å². The molecule has 15 rings (SSSR count). The van der Waals surface area contributed by atoms with Crippen LogP contribution in [0.3, 0.4) is 0 Å². The number of nitrogens with zero attached hydrogens (tertiary/aromatic N) is 1. The van der Waals surface area contributed by atoms with Gasteiger partial charge in [0.15, 0.2) is 0 Å². The van der Waals surface area contributed by atoms with E-state index in [1.165, 1.54) is 66.3 Å². The maximum Gasteiger partial charge on any atom is 0.277 e. The minimum Gasteiger partial charge on any atom is -0.457 e. The van der Waals surface area contributed by atoms with Crippen LogP contribution in [0, 0.1) is 10.1 Å². The first-order chi connectivity index (χ1) is 33.5. The molecule has 10 aromatic carbocycles. The topological polar surface area (TPSA) is 77.4 Å². The van der Waals surface area contributed by atoms with E-state index < -0.39 is 10.8 Å². The summed E-state index contributed by atoms with van der Waals surface area (Å²) in [5.41, 5.74) is 17.3. The van der Waals surface area contributed by atoms with Crippen LogP contribution in [0.5, 0.6) is 23.0 Å². The molecule has 11 aromatic rings. The highest BCUT2D eigenvalue weighted by molar-refractivity contribution is 6.10. The number of aromatic amines is 1. The van der Waals surface area contributed by atoms with Gasteiger partial charge in [-0.3, -0.25) is 10.1 Å². The number of H-pyrrole nitrogens is 1. The number of rotatable bonds is 2. The van der Waals surface area contributed by atoms with E-state index in [1.807, 2.05) is 54.6 Å². The molecular weight excluding hydrogens is 837 g/mol. The number of aromatic nitrogens is 1. The molecular formula is C62H38N2O4. The van der Waals surface area contributed by atoms with Gasteiger partial charge < -0.3 is 14.5 Å². The van der Waals surface area contributed by atoms with Crippen molar-refractivity contribution in [2.75, 3.05) is 0 Å². The second-order valence-electron chi connectivity index (χ2n) is 17.9. The predicted molar refractivity (Wildman–Crippen MR) is 269 cm³/mol. The van der Waals surface area contributed by atoms with Gasteiger partial charge in [0.1, 0.15) is 23.0 Å². The van der Waals surface area contributed by atoms with Crippen molar-refractivity contribution in [3.8, 4) is 56.4 Å². The molecule has 4 aliphatic rings. The molecule has 0 bridgehead atoms. The van der Waals surface area contributed by atoms with Gasteiger partial charge in [-0.05, 0) is 105 Å². The van der Waals surface area contributed by atoms with Gasteiger partial charge in [0.05, 0.1) is 21.3 Å². The van der Waals surface area contributed by atoms with E-state index in [9.17, 15) is 10.1 Å². The normalized spacial score (nSPS) is 14.2. The molecule has 0 radical (unpaired) electrons. The Morgan fingerprint density at radius 1 is 0.353 bits per heavy atom. The summed E-state index contributed by atoms with van der Waals surface area (Å²) in [6.45, 7) is 0. The molecule has 0 atom stereocenters. The molecule has 1 N–H and O–H groups in total.